The van der Waals surface area contributed by atoms with Crippen molar-refractivity contribution in [2.75, 3.05) is 6.61 Å². The molecule has 3 fully saturated rings. The van der Waals surface area contributed by atoms with Crippen molar-refractivity contribution < 1.29 is 18.4 Å². The molecule has 5 atom stereocenters. The molecular formula is C33H60O4Si2. The fraction of sp³-hybridized carbons (Fsp3) is 0.909. The van der Waals surface area contributed by atoms with Gasteiger partial charge in [0.15, 0.2) is 22.4 Å². The summed E-state index contributed by atoms with van der Waals surface area (Å²) in [4.78, 5) is 13.1. The lowest BCUT2D eigenvalue weighted by atomic mass is 9.55. The van der Waals surface area contributed by atoms with Crippen LogP contribution in [0.15, 0.2) is 0 Å². The monoisotopic (exact) mass is 576 g/mol. The Morgan fingerprint density at radius 1 is 0.949 bits per heavy atom. The average molecular weight is 577 g/mol. The number of unbranched alkanes of at least 4 members (excludes halogenated alkanes) is 1. The van der Waals surface area contributed by atoms with Crippen LogP contribution in [-0.4, -0.2) is 46.8 Å². The van der Waals surface area contributed by atoms with Crippen molar-refractivity contribution in [2.24, 2.45) is 17.8 Å². The van der Waals surface area contributed by atoms with Crippen LogP contribution in [0.4, 0.5) is 0 Å². The lowest BCUT2D eigenvalue weighted by Crippen LogP contribution is -2.66. The second kappa shape index (κ2) is 12.4. The first-order valence-corrected chi connectivity index (χ1v) is 21.8. The summed E-state index contributed by atoms with van der Waals surface area (Å²) < 4.78 is 20.6. The predicted molar refractivity (Wildman–Crippen MR) is 168 cm³/mol. The zero-order chi connectivity index (χ0) is 29.3. The molecule has 0 saturated heterocycles. The molecule has 224 valence electrons. The minimum atomic E-state index is -2.00. The molecule has 4 nitrogen and oxygen atoms in total. The maximum absolute atomic E-state index is 13.1. The maximum atomic E-state index is 13.1. The first kappa shape index (κ1) is 33.1. The van der Waals surface area contributed by atoms with E-state index in [-0.39, 0.29) is 39.9 Å². The molecule has 3 rings (SSSR count). The molecule has 6 heteroatoms. The van der Waals surface area contributed by atoms with E-state index < -0.39 is 22.2 Å². The maximum Gasteiger partial charge on any atom is 0.193 e. The van der Waals surface area contributed by atoms with Gasteiger partial charge >= 0.3 is 0 Å². The Morgan fingerprint density at radius 2 is 1.56 bits per heavy atom. The van der Waals surface area contributed by atoms with Gasteiger partial charge in [0.2, 0.25) is 0 Å². The van der Waals surface area contributed by atoms with E-state index >= 15 is 0 Å². The fourth-order valence-corrected chi connectivity index (χ4v) is 8.66. The summed E-state index contributed by atoms with van der Waals surface area (Å²) >= 11 is 0. The van der Waals surface area contributed by atoms with Gasteiger partial charge in [0.1, 0.15) is 11.7 Å². The van der Waals surface area contributed by atoms with Crippen LogP contribution in [-0.2, 0) is 18.4 Å². The van der Waals surface area contributed by atoms with E-state index in [4.69, 9.17) is 13.6 Å². The summed E-state index contributed by atoms with van der Waals surface area (Å²) in [5.41, 5.74) is -0.650. The van der Waals surface area contributed by atoms with Crippen LogP contribution in [0.3, 0.4) is 0 Å². The second-order valence-electron chi connectivity index (χ2n) is 15.8. The summed E-state index contributed by atoms with van der Waals surface area (Å²) in [7, 11) is -3.99. The first-order valence-electron chi connectivity index (χ1n) is 16.0. The fourth-order valence-electron chi connectivity index (χ4n) is 6.04. The van der Waals surface area contributed by atoms with Gasteiger partial charge in [0, 0.05) is 18.9 Å². The van der Waals surface area contributed by atoms with Gasteiger partial charge in [0.05, 0.1) is 12.0 Å². The average Bonchev–Trinajstić information content (AvgIpc) is 2.82. The summed E-state index contributed by atoms with van der Waals surface area (Å²) in [6.45, 7) is 26.1. The largest absolute Gasteiger partial charge is 0.413 e. The van der Waals surface area contributed by atoms with Gasteiger partial charge in [-0.25, -0.2) is 0 Å². The molecule has 3 saturated carbocycles. The Hall–Kier alpha value is -0.456. The van der Waals surface area contributed by atoms with Gasteiger partial charge in [-0.15, -0.1) is 0 Å². The van der Waals surface area contributed by atoms with Crippen LogP contribution >= 0.6 is 0 Å². The Bertz CT molecular complexity index is 897. The van der Waals surface area contributed by atoms with Crippen LogP contribution in [0.25, 0.3) is 0 Å². The summed E-state index contributed by atoms with van der Waals surface area (Å²) in [5.74, 6) is 8.47. The molecule has 0 radical (unpaired) electrons. The highest BCUT2D eigenvalue weighted by Gasteiger charge is 2.63. The zero-order valence-corrected chi connectivity index (χ0v) is 29.3. The van der Waals surface area contributed by atoms with Crippen molar-refractivity contribution in [1.29, 1.82) is 0 Å². The van der Waals surface area contributed by atoms with Crippen LogP contribution in [0.2, 0.25) is 36.3 Å². The number of ether oxygens (including phenoxy) is 1. The molecule has 0 aliphatic heterocycles. The van der Waals surface area contributed by atoms with Gasteiger partial charge in [-0.3, -0.25) is 4.79 Å². The smallest absolute Gasteiger partial charge is 0.193 e. The van der Waals surface area contributed by atoms with E-state index in [9.17, 15) is 4.79 Å². The highest BCUT2D eigenvalue weighted by atomic mass is 28.4. The lowest BCUT2D eigenvalue weighted by molar-refractivity contribution is -0.197. The van der Waals surface area contributed by atoms with Crippen molar-refractivity contribution in [3.63, 3.8) is 0 Å². The van der Waals surface area contributed by atoms with Crippen molar-refractivity contribution in [3.05, 3.63) is 0 Å². The van der Waals surface area contributed by atoms with E-state index in [0.29, 0.717) is 18.9 Å². The van der Waals surface area contributed by atoms with E-state index in [1.165, 1.54) is 32.1 Å². The third kappa shape index (κ3) is 7.31. The molecule has 0 aromatic heterocycles. The predicted octanol–water partition coefficient (Wildman–Crippen LogP) is 8.91. The number of rotatable bonds is 9. The SMILES string of the molecule is CCCCO[C@]12CC[C@@H](O[Si](C)(C)C(C)(C)C)[C@H](C#C[C@@H](O[Si](C)(C)C(C)(C)C)C3CCCCC3)[C@H]1CC2=O. The van der Waals surface area contributed by atoms with Crippen molar-refractivity contribution in [1.82, 2.24) is 0 Å². The molecule has 0 spiro atoms. The van der Waals surface area contributed by atoms with E-state index in [1.54, 1.807) is 0 Å². The Morgan fingerprint density at radius 3 is 2.10 bits per heavy atom. The first-order chi connectivity index (χ1) is 18.0. The quantitative estimate of drug-likeness (QED) is 0.156. The molecule has 0 aromatic rings. The molecule has 0 amide bonds. The molecule has 39 heavy (non-hydrogen) atoms. The Labute approximate surface area is 243 Å². The molecule has 0 bridgehead atoms. The number of hydrogen-bond donors (Lipinski definition) is 0. The normalized spacial score (nSPS) is 29.7. The minimum absolute atomic E-state index is 0.0151. The number of hydrogen-bond acceptors (Lipinski definition) is 4. The topological polar surface area (TPSA) is 44.8 Å². The minimum Gasteiger partial charge on any atom is -0.413 e. The number of carbonyl (C=O) groups excluding carboxylic acids is 1. The standard InChI is InChI=1S/C33H60O4Si2/c1-12-13-23-35-33-22-21-29(37-39(10,11)32(5,6)7)26(27(33)24-30(33)34)19-20-28(25-17-15-14-16-18-25)36-38(8,9)31(2,3)4/h25-29H,12-18,21-24H2,1-11H3/t26-,27-,28-,29-,33-/m1/s1. The summed E-state index contributed by atoms with van der Waals surface area (Å²) in [6.07, 6.45) is 10.5. The van der Waals surface area contributed by atoms with Crippen LogP contribution < -0.4 is 0 Å². The number of fused-ring (bicyclic) bond motifs is 1. The molecule has 0 heterocycles. The van der Waals surface area contributed by atoms with Crippen LogP contribution in [0, 0.1) is 29.6 Å². The Balaban J connectivity index is 1.97. The molecule has 0 N–H and O–H groups in total. The van der Waals surface area contributed by atoms with Gasteiger partial charge in [-0.05, 0) is 74.3 Å². The molecule has 3 aliphatic rings. The Kier molecular flexibility index (Phi) is 10.5. The van der Waals surface area contributed by atoms with E-state index in [1.807, 2.05) is 0 Å². The number of carbonyl (C=O) groups is 1. The molecule has 0 aromatic carbocycles. The highest BCUT2D eigenvalue weighted by Crippen LogP contribution is 2.53. The van der Waals surface area contributed by atoms with E-state index in [2.05, 4.69) is 86.5 Å². The lowest BCUT2D eigenvalue weighted by Gasteiger charge is -2.56. The summed E-state index contributed by atoms with van der Waals surface area (Å²) in [5, 5.41) is 0.270. The van der Waals surface area contributed by atoms with Crippen molar-refractivity contribution in [3.8, 4) is 11.8 Å². The van der Waals surface area contributed by atoms with Gasteiger partial charge in [-0.1, -0.05) is 86.0 Å². The third-order valence-electron chi connectivity index (χ3n) is 10.9. The molecule has 3 aliphatic carbocycles. The van der Waals surface area contributed by atoms with Crippen LogP contribution in [0.1, 0.15) is 113 Å². The van der Waals surface area contributed by atoms with Gasteiger partial charge < -0.3 is 13.6 Å². The number of ketones is 1. The van der Waals surface area contributed by atoms with Gasteiger partial charge in [0.25, 0.3) is 0 Å². The molecular weight excluding hydrogens is 517 g/mol. The third-order valence-corrected chi connectivity index (χ3v) is 19.9. The number of Topliss-reactive ketones (excluding diaryl/α,β-unsaturated/α-hetero) is 1. The second-order valence-corrected chi connectivity index (χ2v) is 25.3. The molecule has 0 unspecified atom stereocenters. The zero-order valence-electron chi connectivity index (χ0n) is 27.3. The van der Waals surface area contributed by atoms with Crippen LogP contribution in [0.5, 0.6) is 0 Å². The van der Waals surface area contributed by atoms with Gasteiger partial charge in [-0.2, -0.15) is 0 Å². The van der Waals surface area contributed by atoms with Crippen molar-refractivity contribution >= 4 is 22.4 Å². The van der Waals surface area contributed by atoms with Crippen molar-refractivity contribution in [2.45, 2.75) is 167 Å². The summed E-state index contributed by atoms with van der Waals surface area (Å²) in [6, 6.07) is 0. The highest BCUT2D eigenvalue weighted by molar-refractivity contribution is 6.74. The van der Waals surface area contributed by atoms with E-state index in [0.717, 1.165) is 25.7 Å².